The number of benzene rings is 2. The van der Waals surface area contributed by atoms with Crippen molar-refractivity contribution < 1.29 is 4.79 Å². The summed E-state index contributed by atoms with van der Waals surface area (Å²) in [5.41, 5.74) is 3.91. The first-order valence-electron chi connectivity index (χ1n) is 8.39. The normalized spacial score (nSPS) is 11.8. The van der Waals surface area contributed by atoms with E-state index in [2.05, 4.69) is 46.8 Å². The van der Waals surface area contributed by atoms with E-state index >= 15 is 0 Å². The lowest BCUT2D eigenvalue weighted by atomic mass is 9.98. The van der Waals surface area contributed by atoms with Crippen molar-refractivity contribution in [3.8, 4) is 0 Å². The van der Waals surface area contributed by atoms with Crippen molar-refractivity contribution in [2.24, 2.45) is 0 Å². The molecule has 0 aliphatic carbocycles. The molecule has 0 radical (unpaired) electrons. The van der Waals surface area contributed by atoms with Gasteiger partial charge in [0.05, 0.1) is 18.3 Å². The van der Waals surface area contributed by atoms with Crippen LogP contribution in [0.3, 0.4) is 0 Å². The van der Waals surface area contributed by atoms with Gasteiger partial charge in [0, 0.05) is 6.20 Å². The summed E-state index contributed by atoms with van der Waals surface area (Å²) >= 11 is 5.99. The zero-order valence-electron chi connectivity index (χ0n) is 14.4. The van der Waals surface area contributed by atoms with Crippen LogP contribution in [0.4, 0.5) is 5.69 Å². The summed E-state index contributed by atoms with van der Waals surface area (Å²) in [6.07, 6.45) is 1.58. The minimum absolute atomic E-state index is 0.0769. The van der Waals surface area contributed by atoms with Gasteiger partial charge in [-0.15, -0.1) is 0 Å². The van der Waals surface area contributed by atoms with Crippen LogP contribution >= 0.6 is 11.6 Å². The Morgan fingerprint density at radius 3 is 2.38 bits per heavy atom. The molecule has 0 aliphatic heterocycles. The number of amides is 1. The molecule has 0 saturated carbocycles. The standard InChI is InChI=1S/C21H20ClN3O/c1-15-9-11-17(12-10-15)20(16-6-3-2-4-7-16)24-14-19(26)25-18-8-5-13-23-21(18)22/h2-13,20,24H,14H2,1H3,(H,25,26)/t20-/m0/s1. The summed E-state index contributed by atoms with van der Waals surface area (Å²) < 4.78 is 0. The Kier molecular flexibility index (Phi) is 6.00. The second-order valence-electron chi connectivity index (χ2n) is 6.03. The van der Waals surface area contributed by atoms with Crippen molar-refractivity contribution in [1.82, 2.24) is 10.3 Å². The molecule has 0 fully saturated rings. The lowest BCUT2D eigenvalue weighted by Crippen LogP contribution is -2.32. The van der Waals surface area contributed by atoms with Gasteiger partial charge < -0.3 is 5.32 Å². The predicted octanol–water partition coefficient (Wildman–Crippen LogP) is 4.36. The molecule has 1 amide bonds. The van der Waals surface area contributed by atoms with Crippen LogP contribution in [0.5, 0.6) is 0 Å². The first-order chi connectivity index (χ1) is 12.6. The van der Waals surface area contributed by atoms with Gasteiger partial charge in [-0.1, -0.05) is 71.8 Å². The Balaban J connectivity index is 1.73. The maximum atomic E-state index is 12.3. The molecule has 3 rings (SSSR count). The molecule has 0 spiro atoms. The number of carbonyl (C=O) groups is 1. The molecule has 0 unspecified atom stereocenters. The first kappa shape index (κ1) is 18.1. The lowest BCUT2D eigenvalue weighted by Gasteiger charge is -2.20. The highest BCUT2D eigenvalue weighted by Crippen LogP contribution is 2.22. The van der Waals surface area contributed by atoms with Crippen molar-refractivity contribution in [3.63, 3.8) is 0 Å². The Bertz CT molecular complexity index is 866. The van der Waals surface area contributed by atoms with Crippen molar-refractivity contribution in [1.29, 1.82) is 0 Å². The van der Waals surface area contributed by atoms with E-state index in [1.807, 2.05) is 30.3 Å². The first-order valence-corrected chi connectivity index (χ1v) is 8.76. The minimum atomic E-state index is -0.173. The summed E-state index contributed by atoms with van der Waals surface area (Å²) in [7, 11) is 0. The molecular weight excluding hydrogens is 346 g/mol. The molecule has 2 N–H and O–H groups in total. The van der Waals surface area contributed by atoms with E-state index in [1.54, 1.807) is 18.3 Å². The van der Waals surface area contributed by atoms with Gasteiger partial charge >= 0.3 is 0 Å². The highest BCUT2D eigenvalue weighted by molar-refractivity contribution is 6.32. The molecule has 132 valence electrons. The van der Waals surface area contributed by atoms with Crippen molar-refractivity contribution >= 4 is 23.2 Å². The number of nitrogens with zero attached hydrogens (tertiary/aromatic N) is 1. The number of anilines is 1. The molecule has 1 aromatic heterocycles. The number of hydrogen-bond acceptors (Lipinski definition) is 3. The Morgan fingerprint density at radius 2 is 1.69 bits per heavy atom. The zero-order valence-corrected chi connectivity index (χ0v) is 15.2. The minimum Gasteiger partial charge on any atom is -0.322 e. The maximum absolute atomic E-state index is 12.3. The van der Waals surface area contributed by atoms with Crippen LogP contribution in [0.2, 0.25) is 5.15 Å². The summed E-state index contributed by atoms with van der Waals surface area (Å²) in [5.74, 6) is -0.173. The fraction of sp³-hybridized carbons (Fsp3) is 0.143. The lowest BCUT2D eigenvalue weighted by molar-refractivity contribution is -0.115. The van der Waals surface area contributed by atoms with Gasteiger partial charge in [-0.3, -0.25) is 10.1 Å². The van der Waals surface area contributed by atoms with Gasteiger partial charge in [-0.05, 0) is 30.2 Å². The number of carbonyl (C=O) groups excluding carboxylic acids is 1. The average Bonchev–Trinajstić information content (AvgIpc) is 2.66. The molecule has 1 atom stereocenters. The third kappa shape index (κ3) is 4.69. The third-order valence-corrected chi connectivity index (χ3v) is 4.34. The molecule has 5 heteroatoms. The van der Waals surface area contributed by atoms with Gasteiger partial charge in [-0.25, -0.2) is 4.98 Å². The van der Waals surface area contributed by atoms with Crippen LogP contribution in [-0.4, -0.2) is 17.4 Å². The molecule has 2 aromatic carbocycles. The van der Waals surface area contributed by atoms with Crippen molar-refractivity contribution in [2.45, 2.75) is 13.0 Å². The smallest absolute Gasteiger partial charge is 0.238 e. The molecule has 1 heterocycles. The fourth-order valence-corrected chi connectivity index (χ4v) is 2.87. The van der Waals surface area contributed by atoms with E-state index in [9.17, 15) is 4.79 Å². The van der Waals surface area contributed by atoms with E-state index < -0.39 is 0 Å². The summed E-state index contributed by atoms with van der Waals surface area (Å²) in [6.45, 7) is 2.21. The van der Waals surface area contributed by atoms with E-state index in [4.69, 9.17) is 11.6 Å². The number of nitrogens with one attached hydrogen (secondary N) is 2. The average molecular weight is 366 g/mol. The number of halogens is 1. The summed E-state index contributed by atoms with van der Waals surface area (Å²) in [5, 5.41) is 6.39. The molecular formula is C21H20ClN3O. The van der Waals surface area contributed by atoms with E-state index in [0.717, 1.165) is 11.1 Å². The zero-order chi connectivity index (χ0) is 18.4. The Morgan fingerprint density at radius 1 is 1.00 bits per heavy atom. The van der Waals surface area contributed by atoms with E-state index in [1.165, 1.54) is 5.56 Å². The largest absolute Gasteiger partial charge is 0.322 e. The van der Waals surface area contributed by atoms with Crippen LogP contribution in [0.15, 0.2) is 72.9 Å². The number of aryl methyl sites for hydroxylation is 1. The second kappa shape index (κ2) is 8.61. The van der Waals surface area contributed by atoms with Gasteiger partial charge in [-0.2, -0.15) is 0 Å². The van der Waals surface area contributed by atoms with Gasteiger partial charge in [0.15, 0.2) is 5.15 Å². The third-order valence-electron chi connectivity index (χ3n) is 4.04. The fourth-order valence-electron chi connectivity index (χ4n) is 2.70. The summed E-state index contributed by atoms with van der Waals surface area (Å²) in [4.78, 5) is 16.3. The van der Waals surface area contributed by atoms with Crippen molar-refractivity contribution in [3.05, 3.63) is 94.8 Å². The maximum Gasteiger partial charge on any atom is 0.238 e. The van der Waals surface area contributed by atoms with Crippen LogP contribution in [-0.2, 0) is 4.79 Å². The van der Waals surface area contributed by atoms with Crippen LogP contribution in [0.25, 0.3) is 0 Å². The quantitative estimate of drug-likeness (QED) is 0.638. The Hall–Kier alpha value is -2.69. The van der Waals surface area contributed by atoms with Crippen LogP contribution < -0.4 is 10.6 Å². The number of hydrogen-bond donors (Lipinski definition) is 2. The Labute approximate surface area is 158 Å². The predicted molar refractivity (Wildman–Crippen MR) is 105 cm³/mol. The number of pyridine rings is 1. The second-order valence-corrected chi connectivity index (χ2v) is 6.38. The van der Waals surface area contributed by atoms with Crippen LogP contribution in [0.1, 0.15) is 22.7 Å². The van der Waals surface area contributed by atoms with E-state index in [-0.39, 0.29) is 23.6 Å². The van der Waals surface area contributed by atoms with Crippen LogP contribution in [0, 0.1) is 6.92 Å². The van der Waals surface area contributed by atoms with Gasteiger partial charge in [0.1, 0.15) is 0 Å². The molecule has 4 nitrogen and oxygen atoms in total. The summed E-state index contributed by atoms with van der Waals surface area (Å²) in [6, 6.07) is 21.7. The topological polar surface area (TPSA) is 54.0 Å². The monoisotopic (exact) mass is 365 g/mol. The molecule has 0 aliphatic rings. The molecule has 26 heavy (non-hydrogen) atoms. The SMILES string of the molecule is Cc1ccc([C@@H](NCC(=O)Nc2cccnc2Cl)c2ccccc2)cc1. The molecule has 0 bridgehead atoms. The number of rotatable bonds is 6. The highest BCUT2D eigenvalue weighted by atomic mass is 35.5. The number of aromatic nitrogens is 1. The van der Waals surface area contributed by atoms with E-state index in [0.29, 0.717) is 5.69 Å². The molecule has 0 saturated heterocycles. The van der Waals surface area contributed by atoms with Gasteiger partial charge in [0.2, 0.25) is 5.91 Å². The van der Waals surface area contributed by atoms with Crippen molar-refractivity contribution in [2.75, 3.05) is 11.9 Å². The molecule has 3 aromatic rings. The highest BCUT2D eigenvalue weighted by Gasteiger charge is 2.15. The van der Waals surface area contributed by atoms with Gasteiger partial charge in [0.25, 0.3) is 0 Å².